The van der Waals surface area contributed by atoms with E-state index < -0.39 is 17.8 Å². The first-order valence-electron chi connectivity index (χ1n) is 8.06. The number of benzene rings is 2. The molecule has 0 aliphatic rings. The zero-order valence-electron chi connectivity index (χ0n) is 14.7. The molecule has 0 saturated carbocycles. The van der Waals surface area contributed by atoms with E-state index in [1.54, 1.807) is 30.5 Å². The van der Waals surface area contributed by atoms with Crippen LogP contribution in [0.4, 0.5) is 18.9 Å². The van der Waals surface area contributed by atoms with Gasteiger partial charge in [-0.3, -0.25) is 5.10 Å². The Balaban J connectivity index is 2.08. The van der Waals surface area contributed by atoms with Crippen LogP contribution in [-0.2, 0) is 6.18 Å². The van der Waals surface area contributed by atoms with E-state index in [-0.39, 0.29) is 5.56 Å². The maximum atomic E-state index is 13.5. The van der Waals surface area contributed by atoms with Crippen molar-refractivity contribution in [3.05, 3.63) is 71.5 Å². The number of rotatable bonds is 6. The number of alkyl halides is 3. The summed E-state index contributed by atoms with van der Waals surface area (Å²) < 4.78 is 51.1. The monoisotopic (exact) mass is 377 g/mol. The van der Waals surface area contributed by atoms with Crippen molar-refractivity contribution in [2.75, 3.05) is 19.5 Å². The Labute approximate surface area is 154 Å². The summed E-state index contributed by atoms with van der Waals surface area (Å²) >= 11 is 0. The van der Waals surface area contributed by atoms with Crippen molar-refractivity contribution in [2.45, 2.75) is 12.2 Å². The van der Waals surface area contributed by atoms with Gasteiger partial charge in [0.15, 0.2) is 0 Å². The summed E-state index contributed by atoms with van der Waals surface area (Å²) in [4.78, 5) is 0. The third-order valence-corrected chi connectivity index (χ3v) is 4.09. The Hall–Kier alpha value is -3.16. The molecule has 0 aliphatic carbocycles. The summed E-state index contributed by atoms with van der Waals surface area (Å²) in [6, 6.07) is 9.73. The lowest BCUT2D eigenvalue weighted by Crippen LogP contribution is -2.18. The molecule has 8 heteroatoms. The van der Waals surface area contributed by atoms with E-state index in [4.69, 9.17) is 9.47 Å². The van der Waals surface area contributed by atoms with Gasteiger partial charge in [0.25, 0.3) is 0 Å². The molecule has 27 heavy (non-hydrogen) atoms. The van der Waals surface area contributed by atoms with E-state index >= 15 is 0 Å². The molecule has 5 nitrogen and oxygen atoms in total. The molecule has 0 bridgehead atoms. The third kappa shape index (κ3) is 4.16. The molecule has 0 saturated heterocycles. The Kier molecular flexibility index (Phi) is 5.25. The molecule has 0 amide bonds. The van der Waals surface area contributed by atoms with Crippen LogP contribution in [0.2, 0.25) is 0 Å². The van der Waals surface area contributed by atoms with Crippen molar-refractivity contribution in [3.8, 4) is 11.5 Å². The number of aromatic amines is 1. The number of nitrogens with one attached hydrogen (secondary N) is 2. The van der Waals surface area contributed by atoms with E-state index in [9.17, 15) is 13.2 Å². The number of H-pyrrole nitrogens is 1. The van der Waals surface area contributed by atoms with Gasteiger partial charge in [-0.1, -0.05) is 18.2 Å². The molecule has 0 aliphatic heterocycles. The second-order valence-electron chi connectivity index (χ2n) is 5.80. The minimum atomic E-state index is -4.48. The van der Waals surface area contributed by atoms with E-state index in [0.717, 1.165) is 6.07 Å². The normalized spacial score (nSPS) is 12.5. The first-order valence-corrected chi connectivity index (χ1v) is 8.06. The highest BCUT2D eigenvalue weighted by atomic mass is 19.4. The van der Waals surface area contributed by atoms with Crippen molar-refractivity contribution in [3.63, 3.8) is 0 Å². The van der Waals surface area contributed by atoms with Crippen LogP contribution in [0.5, 0.6) is 11.5 Å². The van der Waals surface area contributed by atoms with Gasteiger partial charge in [0.2, 0.25) is 0 Å². The standard InChI is InChI=1S/C19H18F3N3O2/c1-26-14-7-13(8-15(9-14)27-2)25-18(12-10-23-24-11-12)16-5-3-4-6-17(16)19(20,21)22/h3-11,18,25H,1-2H3,(H,23,24). The van der Waals surface area contributed by atoms with Crippen LogP contribution < -0.4 is 14.8 Å². The molecule has 3 aromatic rings. The molecule has 2 aromatic carbocycles. The summed E-state index contributed by atoms with van der Waals surface area (Å²) in [6.07, 6.45) is -1.43. The van der Waals surface area contributed by atoms with Gasteiger partial charge >= 0.3 is 6.18 Å². The minimum absolute atomic E-state index is 0.0909. The van der Waals surface area contributed by atoms with Crippen LogP contribution in [0.1, 0.15) is 22.7 Å². The van der Waals surface area contributed by atoms with E-state index in [1.807, 2.05) is 0 Å². The molecular formula is C19H18F3N3O2. The predicted molar refractivity (Wildman–Crippen MR) is 95.0 cm³/mol. The first kappa shape index (κ1) is 18.6. The van der Waals surface area contributed by atoms with Crippen LogP contribution in [0, 0.1) is 0 Å². The topological polar surface area (TPSA) is 59.2 Å². The number of halogens is 3. The first-order chi connectivity index (χ1) is 12.9. The summed E-state index contributed by atoms with van der Waals surface area (Å²) in [6.45, 7) is 0. The molecule has 0 fully saturated rings. The minimum Gasteiger partial charge on any atom is -0.497 e. The Morgan fingerprint density at radius 1 is 1.04 bits per heavy atom. The third-order valence-electron chi connectivity index (χ3n) is 4.09. The van der Waals surface area contributed by atoms with E-state index in [0.29, 0.717) is 22.7 Å². The van der Waals surface area contributed by atoms with Gasteiger partial charge in [0, 0.05) is 35.6 Å². The summed E-state index contributed by atoms with van der Waals surface area (Å²) in [7, 11) is 3.01. The van der Waals surface area contributed by atoms with E-state index in [2.05, 4.69) is 15.5 Å². The molecule has 0 spiro atoms. The molecule has 142 valence electrons. The number of aromatic nitrogens is 2. The van der Waals surface area contributed by atoms with Gasteiger partial charge in [-0.25, -0.2) is 0 Å². The number of methoxy groups -OCH3 is 2. The molecule has 1 heterocycles. The van der Waals surface area contributed by atoms with Gasteiger partial charge in [0.1, 0.15) is 11.5 Å². The molecule has 1 aromatic heterocycles. The summed E-state index contributed by atoms with van der Waals surface area (Å²) in [5, 5.41) is 9.66. The van der Waals surface area contributed by atoms with Gasteiger partial charge in [-0.15, -0.1) is 0 Å². The zero-order chi connectivity index (χ0) is 19.4. The predicted octanol–water partition coefficient (Wildman–Crippen LogP) is 4.65. The van der Waals surface area contributed by atoms with Crippen LogP contribution >= 0.6 is 0 Å². The number of hydrogen-bond donors (Lipinski definition) is 2. The van der Waals surface area contributed by atoms with Gasteiger partial charge in [0.05, 0.1) is 32.0 Å². The number of anilines is 1. The van der Waals surface area contributed by atoms with Crippen molar-refractivity contribution < 1.29 is 22.6 Å². The fraction of sp³-hybridized carbons (Fsp3) is 0.211. The van der Waals surface area contributed by atoms with Gasteiger partial charge in [-0.05, 0) is 11.6 Å². The van der Waals surface area contributed by atoms with Crippen molar-refractivity contribution in [1.29, 1.82) is 0 Å². The molecule has 1 atom stereocenters. The molecule has 0 radical (unpaired) electrons. The number of hydrogen-bond acceptors (Lipinski definition) is 4. The lowest BCUT2D eigenvalue weighted by Gasteiger charge is -2.23. The van der Waals surface area contributed by atoms with Crippen molar-refractivity contribution >= 4 is 5.69 Å². The highest BCUT2D eigenvalue weighted by molar-refractivity contribution is 5.57. The van der Waals surface area contributed by atoms with Crippen LogP contribution in [0.3, 0.4) is 0 Å². The number of ether oxygens (including phenoxy) is 2. The average molecular weight is 377 g/mol. The fourth-order valence-corrected chi connectivity index (χ4v) is 2.82. The Morgan fingerprint density at radius 2 is 1.70 bits per heavy atom. The molecular weight excluding hydrogens is 359 g/mol. The lowest BCUT2D eigenvalue weighted by atomic mass is 9.95. The largest absolute Gasteiger partial charge is 0.497 e. The van der Waals surface area contributed by atoms with Crippen LogP contribution in [-0.4, -0.2) is 24.4 Å². The lowest BCUT2D eigenvalue weighted by molar-refractivity contribution is -0.138. The molecule has 1 unspecified atom stereocenters. The quantitative estimate of drug-likeness (QED) is 0.657. The maximum absolute atomic E-state index is 13.5. The number of nitrogens with zero attached hydrogens (tertiary/aromatic N) is 1. The second kappa shape index (κ2) is 7.61. The maximum Gasteiger partial charge on any atom is 0.416 e. The van der Waals surface area contributed by atoms with Gasteiger partial charge < -0.3 is 14.8 Å². The Bertz CT molecular complexity index is 873. The second-order valence-corrected chi connectivity index (χ2v) is 5.80. The van der Waals surface area contributed by atoms with E-state index in [1.165, 1.54) is 32.5 Å². The smallest absolute Gasteiger partial charge is 0.416 e. The SMILES string of the molecule is COc1cc(NC(c2cn[nH]c2)c2ccccc2C(F)(F)F)cc(OC)c1. The van der Waals surface area contributed by atoms with Crippen molar-refractivity contribution in [2.24, 2.45) is 0 Å². The van der Waals surface area contributed by atoms with Crippen LogP contribution in [0.15, 0.2) is 54.9 Å². The zero-order valence-corrected chi connectivity index (χ0v) is 14.7. The van der Waals surface area contributed by atoms with Crippen molar-refractivity contribution in [1.82, 2.24) is 10.2 Å². The molecule has 3 rings (SSSR count). The van der Waals surface area contributed by atoms with Gasteiger partial charge in [-0.2, -0.15) is 18.3 Å². The Morgan fingerprint density at radius 3 is 2.26 bits per heavy atom. The highest BCUT2D eigenvalue weighted by Gasteiger charge is 2.35. The summed E-state index contributed by atoms with van der Waals surface area (Å²) in [5.41, 5.74) is 0.495. The molecule has 2 N–H and O–H groups in total. The average Bonchev–Trinajstić information content (AvgIpc) is 3.19. The highest BCUT2D eigenvalue weighted by Crippen LogP contribution is 2.38. The summed E-state index contributed by atoms with van der Waals surface area (Å²) in [5.74, 6) is 1.04. The van der Waals surface area contributed by atoms with Crippen LogP contribution in [0.25, 0.3) is 0 Å². The fourth-order valence-electron chi connectivity index (χ4n) is 2.82.